The average Bonchev–Trinajstić information content (AvgIpc) is 3.87. The van der Waals surface area contributed by atoms with Crippen LogP contribution in [0.15, 0.2) is 76.6 Å². The van der Waals surface area contributed by atoms with Crippen molar-refractivity contribution >= 4 is 69.8 Å². The minimum atomic E-state index is -0.489. The molecule has 52 heavy (non-hydrogen) atoms. The number of aromatic nitrogens is 1. The number of nitrogens with one attached hydrogen (secondary N) is 2. The summed E-state index contributed by atoms with van der Waals surface area (Å²) in [5, 5.41) is 4.15. The molecule has 4 aromatic rings. The number of halogens is 1. The quantitative estimate of drug-likeness (QED) is 0.139. The normalized spacial score (nSPS) is 25.4. The minimum Gasteiger partial charge on any atom is -0.490 e. The van der Waals surface area contributed by atoms with Gasteiger partial charge < -0.3 is 24.5 Å². The molecule has 2 bridgehead atoms. The lowest BCUT2D eigenvalue weighted by molar-refractivity contribution is -0.123. The van der Waals surface area contributed by atoms with Crippen LogP contribution in [0.3, 0.4) is 0 Å². The molecule has 4 aliphatic rings. The topological polar surface area (TPSA) is 144 Å². The number of H-pyrrole nitrogens is 1. The van der Waals surface area contributed by atoms with Gasteiger partial charge in [0.1, 0.15) is 0 Å². The first-order valence-corrected chi connectivity index (χ1v) is 19.2. The van der Waals surface area contributed by atoms with Gasteiger partial charge in [-0.25, -0.2) is 4.79 Å². The van der Waals surface area contributed by atoms with Crippen LogP contribution < -0.4 is 24.6 Å². The number of fused-ring (bicyclic) bond motifs is 9. The molecule has 0 spiro atoms. The van der Waals surface area contributed by atoms with Gasteiger partial charge in [0.25, 0.3) is 5.91 Å². The molecule has 14 heteroatoms. The molecule has 11 nitrogen and oxygen atoms in total. The second kappa shape index (κ2) is 13.8. The first kappa shape index (κ1) is 34.5. The van der Waals surface area contributed by atoms with E-state index < -0.39 is 17.8 Å². The minimum absolute atomic E-state index is 0.0000706. The molecule has 2 saturated carbocycles. The third-order valence-electron chi connectivity index (χ3n) is 10.5. The number of anilines is 2. The lowest BCUT2D eigenvalue weighted by Gasteiger charge is -2.43. The molecule has 3 fully saturated rings. The van der Waals surface area contributed by atoms with Crippen molar-refractivity contribution in [3.8, 4) is 11.5 Å². The number of hydrogen-bond donors (Lipinski definition) is 2. The van der Waals surface area contributed by atoms with Gasteiger partial charge in [-0.1, -0.05) is 29.0 Å². The van der Waals surface area contributed by atoms with Crippen molar-refractivity contribution < 1.29 is 33.4 Å². The summed E-state index contributed by atoms with van der Waals surface area (Å²) in [6, 6.07) is 18.8. The van der Waals surface area contributed by atoms with E-state index >= 15 is 0 Å². The number of thioether (sulfide) groups is 1. The second-order valence-corrected chi connectivity index (χ2v) is 15.9. The summed E-state index contributed by atoms with van der Waals surface area (Å²) in [5.41, 5.74) is 2.28. The number of carbonyl (C=O) groups is 4. The van der Waals surface area contributed by atoms with Gasteiger partial charge in [-0.3, -0.25) is 24.1 Å². The number of aromatic amines is 1. The number of amides is 3. The van der Waals surface area contributed by atoms with E-state index in [4.69, 9.17) is 25.8 Å². The van der Waals surface area contributed by atoms with Crippen LogP contribution in [-0.4, -0.2) is 53.7 Å². The Hall–Kier alpha value is -4.59. The third-order valence-corrected chi connectivity index (χ3v) is 13.3. The zero-order chi connectivity index (χ0) is 36.3. The molecular weight excluding hydrogens is 726 g/mol. The molecular formula is C38H34ClN3O8S2. The molecule has 1 aromatic heterocycles. The Morgan fingerprint density at radius 2 is 1.63 bits per heavy atom. The molecule has 3 aromatic carbocycles. The van der Waals surface area contributed by atoms with Crippen LogP contribution in [0.5, 0.6) is 11.5 Å². The van der Waals surface area contributed by atoms with Crippen LogP contribution in [0.2, 0.25) is 5.02 Å². The lowest BCUT2D eigenvalue weighted by Crippen LogP contribution is -2.42. The van der Waals surface area contributed by atoms with Gasteiger partial charge in [-0.05, 0) is 104 Å². The van der Waals surface area contributed by atoms with Gasteiger partial charge in [0.05, 0.1) is 41.3 Å². The van der Waals surface area contributed by atoms with E-state index in [0.29, 0.717) is 40.1 Å². The highest BCUT2D eigenvalue weighted by molar-refractivity contribution is 8.00. The molecule has 268 valence electrons. The Bertz CT molecular complexity index is 2130. The Kier molecular flexibility index (Phi) is 9.12. The van der Waals surface area contributed by atoms with Gasteiger partial charge in [0.15, 0.2) is 18.1 Å². The number of ether oxygens (including phenoxy) is 3. The van der Waals surface area contributed by atoms with Crippen LogP contribution in [0, 0.1) is 29.6 Å². The molecule has 0 unspecified atom stereocenters. The van der Waals surface area contributed by atoms with Crippen molar-refractivity contribution in [2.24, 2.45) is 29.6 Å². The van der Waals surface area contributed by atoms with Gasteiger partial charge in [0.2, 0.25) is 11.8 Å². The molecule has 8 rings (SSSR count). The predicted octanol–water partition coefficient (Wildman–Crippen LogP) is 6.36. The van der Waals surface area contributed by atoms with E-state index in [0.717, 1.165) is 21.9 Å². The highest BCUT2D eigenvalue weighted by Crippen LogP contribution is 2.68. The van der Waals surface area contributed by atoms with Gasteiger partial charge >= 0.3 is 10.8 Å². The summed E-state index contributed by atoms with van der Waals surface area (Å²) in [4.78, 5) is 71.0. The zero-order valence-electron chi connectivity index (χ0n) is 28.1. The summed E-state index contributed by atoms with van der Waals surface area (Å²) in [5.74, 6) is -1.75. The maximum absolute atomic E-state index is 14.2. The molecule has 2 aliphatic heterocycles. The Morgan fingerprint density at radius 1 is 0.904 bits per heavy atom. The fourth-order valence-electron chi connectivity index (χ4n) is 8.58. The average molecular weight is 760 g/mol. The summed E-state index contributed by atoms with van der Waals surface area (Å²) >= 11 is 8.74. The van der Waals surface area contributed by atoms with Crippen LogP contribution in [-0.2, 0) is 19.1 Å². The highest BCUT2D eigenvalue weighted by atomic mass is 35.5. The van der Waals surface area contributed by atoms with Crippen LogP contribution >= 0.6 is 34.7 Å². The van der Waals surface area contributed by atoms with Crippen LogP contribution in [0.4, 0.5) is 11.4 Å². The van der Waals surface area contributed by atoms with Crippen molar-refractivity contribution in [1.82, 2.24) is 4.98 Å². The molecule has 3 amide bonds. The number of esters is 1. The van der Waals surface area contributed by atoms with E-state index in [1.54, 1.807) is 73.3 Å². The largest absolute Gasteiger partial charge is 0.490 e. The van der Waals surface area contributed by atoms with Crippen LogP contribution in [0.25, 0.3) is 0 Å². The number of rotatable bonds is 10. The highest BCUT2D eigenvalue weighted by Gasteiger charge is 2.69. The van der Waals surface area contributed by atoms with Crippen molar-refractivity contribution in [2.75, 3.05) is 30.0 Å². The maximum Gasteiger partial charge on any atom is 0.338 e. The first-order valence-electron chi connectivity index (χ1n) is 17.2. The summed E-state index contributed by atoms with van der Waals surface area (Å²) in [6.07, 6.45) is 0.739. The Labute approximate surface area is 312 Å². The molecule has 2 N–H and O–H groups in total. The second-order valence-electron chi connectivity index (χ2n) is 13.2. The third kappa shape index (κ3) is 5.88. The Morgan fingerprint density at radius 3 is 2.35 bits per heavy atom. The van der Waals surface area contributed by atoms with E-state index in [1.807, 2.05) is 19.1 Å². The molecule has 3 heterocycles. The SMILES string of the molecule is CCOC(=O)c1ccc(N2C(=O)[C@H]3[C@H]4C[C@@H]([C@@H]3C2=O)[C@@H]2[C@H](c3ccc(OCC(=O)Nc5ccc(Cl)cc5)c(OCC)c3)c3sc(=O)[nH]c3S[C@H]42)cc1. The molecule has 7 atom stereocenters. The van der Waals surface area contributed by atoms with E-state index in [2.05, 4.69) is 10.3 Å². The van der Waals surface area contributed by atoms with Crippen molar-refractivity contribution in [1.29, 1.82) is 0 Å². The zero-order valence-corrected chi connectivity index (χ0v) is 30.5. The number of carbonyl (C=O) groups excluding carboxylic acids is 4. The maximum atomic E-state index is 14.2. The first-order chi connectivity index (χ1) is 25.2. The molecule has 2 aliphatic carbocycles. The molecule has 0 radical (unpaired) electrons. The van der Waals surface area contributed by atoms with E-state index in [-0.39, 0.29) is 64.7 Å². The number of imide groups is 1. The van der Waals surface area contributed by atoms with Crippen LogP contribution in [0.1, 0.15) is 47.0 Å². The van der Waals surface area contributed by atoms with Crippen molar-refractivity contribution in [2.45, 2.75) is 36.5 Å². The fraction of sp³-hybridized carbons (Fsp3) is 0.342. The summed E-state index contributed by atoms with van der Waals surface area (Å²) in [7, 11) is 0. The monoisotopic (exact) mass is 759 g/mol. The lowest BCUT2D eigenvalue weighted by atomic mass is 9.68. The number of thiazole rings is 1. The Balaban J connectivity index is 1.08. The number of hydrogen-bond acceptors (Lipinski definition) is 10. The van der Waals surface area contributed by atoms with Gasteiger partial charge in [-0.15, -0.1) is 11.8 Å². The van der Waals surface area contributed by atoms with E-state index in [1.165, 1.54) is 16.2 Å². The van der Waals surface area contributed by atoms with Crippen molar-refractivity contribution in [3.63, 3.8) is 0 Å². The van der Waals surface area contributed by atoms with E-state index in [9.17, 15) is 24.0 Å². The predicted molar refractivity (Wildman–Crippen MR) is 197 cm³/mol. The van der Waals surface area contributed by atoms with Gasteiger partial charge in [0, 0.05) is 26.8 Å². The number of benzene rings is 3. The van der Waals surface area contributed by atoms with Crippen molar-refractivity contribution in [3.05, 3.63) is 97.4 Å². The summed E-state index contributed by atoms with van der Waals surface area (Å²) in [6.45, 7) is 3.94. The standard InChI is InChI=1S/C38H34ClN3O8S2/c1-3-48-26-15-19(7-14-25(26)50-17-27(43)40-21-10-8-20(39)9-11-21)28-29-23-16-24(32(29)51-34-33(28)52-38(47)41-34)31-30(23)35(44)42(36(31)45)22-12-5-18(6-13-22)37(46)49-4-2/h5-15,23-24,28-32H,3-4,16-17H2,1-2H3,(H,40,43)(H,41,47)/t23-,24-,28+,29-,30+,31+,32-/m1/s1. The molecule has 1 saturated heterocycles. The number of nitrogens with zero attached hydrogens (tertiary/aromatic N) is 1. The summed E-state index contributed by atoms with van der Waals surface area (Å²) < 4.78 is 17.0. The van der Waals surface area contributed by atoms with Gasteiger partial charge in [-0.2, -0.15) is 0 Å². The fourth-order valence-corrected chi connectivity index (χ4v) is 11.6. The smallest absolute Gasteiger partial charge is 0.338 e.